The number of rotatable bonds is 4. The third kappa shape index (κ3) is 3.72. The molecule has 120 valence electrons. The minimum absolute atomic E-state index is 0.134. The number of anilines is 1. The molecule has 0 aliphatic rings. The molecule has 0 spiro atoms. The smallest absolute Gasteiger partial charge is 0.273 e. The molecular formula is C15H14N2O5S. The van der Waals surface area contributed by atoms with Crippen LogP contribution in [0, 0.1) is 17.0 Å². The normalized spacial score (nSPS) is 11.0. The van der Waals surface area contributed by atoms with Gasteiger partial charge in [-0.3, -0.25) is 14.9 Å². The summed E-state index contributed by atoms with van der Waals surface area (Å²) in [6, 6.07) is 9.93. The number of nitrogens with zero attached hydrogens (tertiary/aromatic N) is 1. The summed E-state index contributed by atoms with van der Waals surface area (Å²) in [7, 11) is -3.31. The van der Waals surface area contributed by atoms with Crippen LogP contribution in [0.3, 0.4) is 0 Å². The maximum atomic E-state index is 12.2. The summed E-state index contributed by atoms with van der Waals surface area (Å²) < 4.78 is 22.8. The molecule has 1 N–H and O–H groups in total. The second-order valence-electron chi connectivity index (χ2n) is 4.96. The van der Waals surface area contributed by atoms with Crippen molar-refractivity contribution in [3.05, 3.63) is 63.7 Å². The lowest BCUT2D eigenvalue weighted by Crippen LogP contribution is -2.14. The number of sulfone groups is 1. The molecule has 0 fully saturated rings. The van der Waals surface area contributed by atoms with Crippen molar-refractivity contribution in [1.29, 1.82) is 0 Å². The number of benzene rings is 2. The molecule has 1 amide bonds. The highest BCUT2D eigenvalue weighted by atomic mass is 32.2. The fraction of sp³-hybridized carbons (Fsp3) is 0.133. The zero-order valence-corrected chi connectivity index (χ0v) is 13.3. The number of nitro groups is 1. The van der Waals surface area contributed by atoms with E-state index in [2.05, 4.69) is 5.32 Å². The Hall–Kier alpha value is -2.74. The zero-order valence-electron chi connectivity index (χ0n) is 12.4. The van der Waals surface area contributed by atoms with Crippen molar-refractivity contribution in [3.8, 4) is 0 Å². The van der Waals surface area contributed by atoms with E-state index in [4.69, 9.17) is 0 Å². The van der Waals surface area contributed by atoms with E-state index in [1.54, 1.807) is 0 Å². The van der Waals surface area contributed by atoms with E-state index in [0.717, 1.165) is 6.26 Å². The molecule has 7 nitrogen and oxygen atoms in total. The van der Waals surface area contributed by atoms with Crippen molar-refractivity contribution in [1.82, 2.24) is 0 Å². The SMILES string of the molecule is Cc1c(C(=O)Nc2ccc(S(C)(=O)=O)cc2)cccc1[N+](=O)[O-]. The Morgan fingerprint density at radius 1 is 1.13 bits per heavy atom. The number of amides is 1. The van der Waals surface area contributed by atoms with Crippen LogP contribution in [0.5, 0.6) is 0 Å². The maximum absolute atomic E-state index is 12.2. The first kappa shape index (κ1) is 16.6. The Morgan fingerprint density at radius 2 is 1.74 bits per heavy atom. The summed E-state index contributed by atoms with van der Waals surface area (Å²) in [5.41, 5.74) is 0.715. The van der Waals surface area contributed by atoms with Crippen LogP contribution < -0.4 is 5.32 Å². The van der Waals surface area contributed by atoms with Gasteiger partial charge in [0.2, 0.25) is 0 Å². The second kappa shape index (κ2) is 6.17. The summed E-state index contributed by atoms with van der Waals surface area (Å²) in [5, 5.41) is 13.5. The van der Waals surface area contributed by atoms with Crippen molar-refractivity contribution in [2.45, 2.75) is 11.8 Å². The lowest BCUT2D eigenvalue weighted by Gasteiger charge is -2.08. The fourth-order valence-corrected chi connectivity index (χ4v) is 2.68. The number of nitro benzene ring substituents is 1. The number of carbonyl (C=O) groups is 1. The molecule has 2 aromatic rings. The summed E-state index contributed by atoms with van der Waals surface area (Å²) in [6.45, 7) is 1.50. The van der Waals surface area contributed by atoms with Crippen LogP contribution in [0.2, 0.25) is 0 Å². The molecule has 23 heavy (non-hydrogen) atoms. The highest BCUT2D eigenvalue weighted by Gasteiger charge is 2.18. The molecule has 0 atom stereocenters. The average Bonchev–Trinajstić information content (AvgIpc) is 2.46. The Kier molecular flexibility index (Phi) is 4.46. The zero-order chi connectivity index (χ0) is 17.2. The predicted molar refractivity (Wildman–Crippen MR) is 85.3 cm³/mol. The van der Waals surface area contributed by atoms with Crippen LogP contribution in [0.4, 0.5) is 11.4 Å². The van der Waals surface area contributed by atoms with E-state index in [-0.39, 0.29) is 21.7 Å². The van der Waals surface area contributed by atoms with Crippen molar-refractivity contribution in [2.24, 2.45) is 0 Å². The molecule has 8 heteroatoms. The van der Waals surface area contributed by atoms with Crippen molar-refractivity contribution in [3.63, 3.8) is 0 Å². The molecular weight excluding hydrogens is 320 g/mol. The van der Waals surface area contributed by atoms with E-state index in [1.807, 2.05) is 0 Å². The quantitative estimate of drug-likeness (QED) is 0.683. The van der Waals surface area contributed by atoms with Gasteiger partial charge in [0.1, 0.15) is 0 Å². The standard InChI is InChI=1S/C15H14N2O5S/c1-10-13(4-3-5-14(10)17(19)20)15(18)16-11-6-8-12(9-7-11)23(2,21)22/h3-9H,1-2H3,(H,16,18). The van der Waals surface area contributed by atoms with Crippen LogP contribution in [0.25, 0.3) is 0 Å². The number of carbonyl (C=O) groups excluding carboxylic acids is 1. The van der Waals surface area contributed by atoms with Gasteiger partial charge in [0.15, 0.2) is 9.84 Å². The predicted octanol–water partition coefficient (Wildman–Crippen LogP) is 2.56. The molecule has 2 aromatic carbocycles. The Morgan fingerprint density at radius 3 is 2.26 bits per heavy atom. The molecule has 0 saturated heterocycles. The number of nitrogens with one attached hydrogen (secondary N) is 1. The van der Waals surface area contributed by atoms with Gasteiger partial charge in [0.25, 0.3) is 11.6 Å². The highest BCUT2D eigenvalue weighted by molar-refractivity contribution is 7.90. The summed E-state index contributed by atoms with van der Waals surface area (Å²) in [5.74, 6) is -0.502. The van der Waals surface area contributed by atoms with Crippen molar-refractivity contribution >= 4 is 27.1 Å². The first-order valence-electron chi connectivity index (χ1n) is 6.55. The Balaban J connectivity index is 2.26. The molecule has 0 aliphatic carbocycles. The molecule has 0 radical (unpaired) electrons. The second-order valence-corrected chi connectivity index (χ2v) is 6.97. The third-order valence-corrected chi connectivity index (χ3v) is 4.42. The Bertz CT molecular complexity index is 873. The van der Waals surface area contributed by atoms with Crippen LogP contribution in [-0.2, 0) is 9.84 Å². The maximum Gasteiger partial charge on any atom is 0.273 e. The van der Waals surface area contributed by atoms with Gasteiger partial charge in [0.05, 0.1) is 9.82 Å². The Labute approximate surface area is 133 Å². The van der Waals surface area contributed by atoms with Crippen molar-refractivity contribution < 1.29 is 18.1 Å². The average molecular weight is 334 g/mol. The van der Waals surface area contributed by atoms with Gasteiger partial charge in [-0.15, -0.1) is 0 Å². The summed E-state index contributed by atoms with van der Waals surface area (Å²) >= 11 is 0. The van der Waals surface area contributed by atoms with E-state index in [0.29, 0.717) is 5.69 Å². The molecule has 0 bridgehead atoms. The van der Waals surface area contributed by atoms with E-state index in [9.17, 15) is 23.3 Å². The fourth-order valence-electron chi connectivity index (χ4n) is 2.05. The summed E-state index contributed by atoms with van der Waals surface area (Å²) in [4.78, 5) is 22.7. The summed E-state index contributed by atoms with van der Waals surface area (Å²) in [6.07, 6.45) is 1.09. The van der Waals surface area contributed by atoms with Crippen LogP contribution >= 0.6 is 0 Å². The van der Waals surface area contributed by atoms with Gasteiger partial charge >= 0.3 is 0 Å². The monoisotopic (exact) mass is 334 g/mol. The van der Waals surface area contributed by atoms with Gasteiger partial charge in [0, 0.05) is 29.1 Å². The largest absolute Gasteiger partial charge is 0.322 e. The van der Waals surface area contributed by atoms with Crippen LogP contribution in [0.1, 0.15) is 15.9 Å². The lowest BCUT2D eigenvalue weighted by molar-refractivity contribution is -0.385. The first-order valence-corrected chi connectivity index (χ1v) is 8.45. The van der Waals surface area contributed by atoms with E-state index in [1.165, 1.54) is 49.4 Å². The lowest BCUT2D eigenvalue weighted by atomic mass is 10.1. The van der Waals surface area contributed by atoms with Gasteiger partial charge in [-0.1, -0.05) is 6.07 Å². The van der Waals surface area contributed by atoms with Crippen molar-refractivity contribution in [2.75, 3.05) is 11.6 Å². The van der Waals surface area contributed by atoms with Crippen LogP contribution in [-0.4, -0.2) is 25.5 Å². The van der Waals surface area contributed by atoms with E-state index < -0.39 is 20.7 Å². The minimum Gasteiger partial charge on any atom is -0.322 e. The van der Waals surface area contributed by atoms with Gasteiger partial charge < -0.3 is 5.32 Å². The highest BCUT2D eigenvalue weighted by Crippen LogP contribution is 2.22. The number of hydrogen-bond donors (Lipinski definition) is 1. The molecule has 2 rings (SSSR count). The minimum atomic E-state index is -3.31. The van der Waals surface area contributed by atoms with E-state index >= 15 is 0 Å². The first-order chi connectivity index (χ1) is 10.7. The molecule has 0 unspecified atom stereocenters. The molecule has 0 saturated carbocycles. The number of hydrogen-bond acceptors (Lipinski definition) is 5. The molecule has 0 aromatic heterocycles. The molecule has 0 heterocycles. The molecule has 0 aliphatic heterocycles. The van der Waals surface area contributed by atoms with Gasteiger partial charge in [-0.2, -0.15) is 0 Å². The third-order valence-electron chi connectivity index (χ3n) is 3.29. The topological polar surface area (TPSA) is 106 Å². The van der Waals surface area contributed by atoms with Crippen LogP contribution in [0.15, 0.2) is 47.4 Å². The van der Waals surface area contributed by atoms with Gasteiger partial charge in [-0.05, 0) is 37.3 Å². The van der Waals surface area contributed by atoms with Gasteiger partial charge in [-0.25, -0.2) is 8.42 Å².